The Morgan fingerprint density at radius 3 is 0.903 bits per heavy atom. The first kappa shape index (κ1) is 87.7. The number of unbranched alkanes of at least 4 members (excludes halogenated alkanes) is 9. The minimum absolute atomic E-state index is 0.0137. The number of hydrogen-bond acceptors (Lipinski definition) is 14. The molecule has 0 radical (unpaired) electrons. The number of hydrogen-bond donors (Lipinski definition) is 4. The molecule has 524 valence electrons. The summed E-state index contributed by atoms with van der Waals surface area (Å²) in [6, 6.07) is 0. The van der Waals surface area contributed by atoms with Crippen LogP contribution in [0, 0.1) is 0 Å². The lowest BCUT2D eigenvalue weighted by atomic mass is 10.1. The molecule has 0 aromatic rings. The molecule has 93 heavy (non-hydrogen) atoms. The van der Waals surface area contributed by atoms with Gasteiger partial charge < -0.3 is 34.2 Å². The minimum atomic E-state index is -4.96. The van der Waals surface area contributed by atoms with Gasteiger partial charge in [0.25, 0.3) is 0 Å². The maximum Gasteiger partial charge on any atom is 0.472 e. The van der Waals surface area contributed by atoms with Crippen molar-refractivity contribution in [2.45, 2.75) is 232 Å². The standard InChI is InChI=1S/C75H118O16P2/c1-4-7-10-13-16-19-22-25-28-31-33-34-36-39-40-43-46-49-52-55-58-61-73(78)85-64-70(76)65-87-92(81,82)88-66-71(77)67-89-93(83,84)90-69-72(91-75(80)63-60-57-54-51-48-45-42-37-30-27-24-21-18-15-12-9-6-3)68-86-74(79)62-59-56-53-50-47-44-41-38-35-32-29-26-23-20-17-14-11-8-5-2/h7-12,16-21,25-30,33-35,38-40,42,45-46,49,51,54,70-72,76-77H,4-6,13-15,22-24,31-32,36-37,41,43-44,47-48,50,52-53,55-69H2,1-3H3,(H,81,82)(H,83,84)/b10-7-,11-8-,12-9-,19-16-,20-17-,21-18-,28-25-,29-26-,30-27-,34-33-,38-35-,40-39-,45-42-,49-46-,54-51-. The summed E-state index contributed by atoms with van der Waals surface area (Å²) in [5, 5.41) is 20.5. The Bertz CT molecular complexity index is 2420. The van der Waals surface area contributed by atoms with E-state index in [1.807, 2.05) is 12.2 Å². The highest BCUT2D eigenvalue weighted by Crippen LogP contribution is 2.45. The number of allylic oxidation sites excluding steroid dienone is 30. The fourth-order valence-electron chi connectivity index (χ4n) is 8.01. The van der Waals surface area contributed by atoms with Gasteiger partial charge in [-0.15, -0.1) is 0 Å². The third-order valence-corrected chi connectivity index (χ3v) is 15.0. The molecule has 16 nitrogen and oxygen atoms in total. The van der Waals surface area contributed by atoms with Crippen molar-refractivity contribution in [3.05, 3.63) is 182 Å². The average molecular weight is 1340 g/mol. The van der Waals surface area contributed by atoms with E-state index in [9.17, 15) is 43.5 Å². The van der Waals surface area contributed by atoms with E-state index in [1.54, 1.807) is 0 Å². The predicted molar refractivity (Wildman–Crippen MR) is 380 cm³/mol. The van der Waals surface area contributed by atoms with Crippen LogP contribution in [0.1, 0.15) is 213 Å². The highest BCUT2D eigenvalue weighted by atomic mass is 31.2. The van der Waals surface area contributed by atoms with Gasteiger partial charge in [0.15, 0.2) is 6.10 Å². The number of aliphatic hydroxyl groups excluding tert-OH is 2. The molecule has 0 aliphatic rings. The molecule has 0 aromatic heterocycles. The van der Waals surface area contributed by atoms with E-state index >= 15 is 0 Å². The molecule has 0 spiro atoms. The first-order valence-corrected chi connectivity index (χ1v) is 37.1. The number of rotatable bonds is 62. The summed E-state index contributed by atoms with van der Waals surface area (Å²) in [4.78, 5) is 58.4. The molecule has 0 bridgehead atoms. The van der Waals surface area contributed by atoms with Crippen LogP contribution < -0.4 is 0 Å². The quantitative estimate of drug-likeness (QED) is 0.0146. The molecular formula is C75H118O16P2. The average Bonchev–Trinajstić information content (AvgIpc) is 3.72. The SMILES string of the molecule is CC/C=C\C/C=C\C/C=C\C/C=C\C/C=C\C/C=C\CCCCC(=O)OCC(O)COP(=O)(O)OCC(O)COP(=O)(O)OCC(COC(=O)CCCCCCCC/C=C\C/C=C\C/C=C\C/C=C\CC)OC(=O)CCC/C=C\C/C=C\C/C=C\C/C=C\C/C=C\CC. The number of ether oxygens (including phenoxy) is 3. The number of phosphoric ester groups is 2. The predicted octanol–water partition coefficient (Wildman–Crippen LogP) is 19.1. The molecule has 0 saturated carbocycles. The zero-order valence-electron chi connectivity index (χ0n) is 56.6. The van der Waals surface area contributed by atoms with Crippen LogP contribution in [0.15, 0.2) is 182 Å². The van der Waals surface area contributed by atoms with E-state index < -0.39 is 91.5 Å². The van der Waals surface area contributed by atoms with Gasteiger partial charge in [-0.3, -0.25) is 32.5 Å². The first-order chi connectivity index (χ1) is 45.2. The Kier molecular flexibility index (Phi) is 62.8. The van der Waals surface area contributed by atoms with Gasteiger partial charge in [-0.05, 0) is 148 Å². The van der Waals surface area contributed by atoms with E-state index in [1.165, 1.54) is 0 Å². The highest BCUT2D eigenvalue weighted by Gasteiger charge is 2.29. The molecular weight excluding hydrogens is 1220 g/mol. The van der Waals surface area contributed by atoms with Crippen molar-refractivity contribution in [2.75, 3.05) is 39.6 Å². The molecule has 0 aromatic carbocycles. The summed E-state index contributed by atoms with van der Waals surface area (Å²) in [7, 11) is -9.83. The van der Waals surface area contributed by atoms with Crippen molar-refractivity contribution < 1.29 is 75.8 Å². The van der Waals surface area contributed by atoms with Crippen molar-refractivity contribution in [1.29, 1.82) is 0 Å². The van der Waals surface area contributed by atoms with Gasteiger partial charge >= 0.3 is 33.6 Å². The molecule has 0 fully saturated rings. The molecule has 0 aliphatic heterocycles. The summed E-state index contributed by atoms with van der Waals surface area (Å²) in [6.07, 6.45) is 83.8. The van der Waals surface area contributed by atoms with Crippen molar-refractivity contribution in [3.8, 4) is 0 Å². The van der Waals surface area contributed by atoms with E-state index in [-0.39, 0.29) is 19.3 Å². The van der Waals surface area contributed by atoms with Crippen molar-refractivity contribution >= 4 is 33.6 Å². The second-order valence-electron chi connectivity index (χ2n) is 21.8. The van der Waals surface area contributed by atoms with Gasteiger partial charge in [-0.1, -0.05) is 229 Å². The number of carbonyl (C=O) groups is 3. The maximum absolute atomic E-state index is 12.9. The Morgan fingerprint density at radius 1 is 0.301 bits per heavy atom. The fraction of sp³-hybridized carbons (Fsp3) is 0.560. The van der Waals surface area contributed by atoms with Gasteiger partial charge in [-0.25, -0.2) is 9.13 Å². The third-order valence-electron chi connectivity index (χ3n) is 13.1. The van der Waals surface area contributed by atoms with Crippen LogP contribution in [0.3, 0.4) is 0 Å². The Balaban J connectivity index is 4.82. The smallest absolute Gasteiger partial charge is 0.463 e. The Labute approximate surface area is 560 Å². The molecule has 5 unspecified atom stereocenters. The zero-order chi connectivity index (χ0) is 68.1. The van der Waals surface area contributed by atoms with Crippen LogP contribution in [-0.4, -0.2) is 95.9 Å². The van der Waals surface area contributed by atoms with Crippen LogP contribution >= 0.6 is 15.6 Å². The molecule has 0 aliphatic carbocycles. The number of phosphoric acid groups is 2. The lowest BCUT2D eigenvalue weighted by Crippen LogP contribution is -2.30. The van der Waals surface area contributed by atoms with Gasteiger partial charge in [0.05, 0.1) is 26.4 Å². The zero-order valence-corrected chi connectivity index (χ0v) is 58.4. The third kappa shape index (κ3) is 67.9. The van der Waals surface area contributed by atoms with Crippen LogP contribution in [0.2, 0.25) is 0 Å². The van der Waals surface area contributed by atoms with Crippen molar-refractivity contribution in [2.24, 2.45) is 0 Å². The van der Waals surface area contributed by atoms with Crippen LogP contribution in [0.5, 0.6) is 0 Å². The topological polar surface area (TPSA) is 231 Å². The van der Waals surface area contributed by atoms with E-state index in [4.69, 9.17) is 32.3 Å². The van der Waals surface area contributed by atoms with E-state index in [0.29, 0.717) is 25.7 Å². The number of esters is 3. The fourth-order valence-corrected chi connectivity index (χ4v) is 9.59. The Hall–Kier alpha value is -5.35. The highest BCUT2D eigenvalue weighted by molar-refractivity contribution is 7.47. The maximum atomic E-state index is 12.9. The van der Waals surface area contributed by atoms with Crippen molar-refractivity contribution in [1.82, 2.24) is 0 Å². The van der Waals surface area contributed by atoms with Gasteiger partial charge in [0.2, 0.25) is 0 Å². The summed E-state index contributed by atoms with van der Waals surface area (Å²) in [6.45, 7) is 2.14. The molecule has 0 saturated heterocycles. The minimum Gasteiger partial charge on any atom is -0.463 e. The molecule has 0 amide bonds. The van der Waals surface area contributed by atoms with Gasteiger partial charge in [-0.2, -0.15) is 0 Å². The van der Waals surface area contributed by atoms with E-state index in [0.717, 1.165) is 148 Å². The van der Waals surface area contributed by atoms with Crippen LogP contribution in [0.4, 0.5) is 0 Å². The van der Waals surface area contributed by atoms with Gasteiger partial charge in [0.1, 0.15) is 25.4 Å². The molecule has 4 N–H and O–H groups in total. The first-order valence-electron chi connectivity index (χ1n) is 34.1. The second-order valence-corrected chi connectivity index (χ2v) is 24.7. The lowest BCUT2D eigenvalue weighted by Gasteiger charge is -2.21. The number of aliphatic hydroxyl groups is 2. The molecule has 18 heteroatoms. The summed E-state index contributed by atoms with van der Waals surface area (Å²) in [5.74, 6) is -1.72. The molecule has 0 rings (SSSR count). The second kappa shape index (κ2) is 66.7. The van der Waals surface area contributed by atoms with Gasteiger partial charge in [0, 0.05) is 19.3 Å². The lowest BCUT2D eigenvalue weighted by molar-refractivity contribution is -0.161. The number of carbonyl (C=O) groups excluding carboxylic acids is 3. The van der Waals surface area contributed by atoms with Crippen LogP contribution in [-0.2, 0) is 55.8 Å². The monoisotopic (exact) mass is 1340 g/mol. The van der Waals surface area contributed by atoms with Crippen LogP contribution in [0.25, 0.3) is 0 Å². The normalized spacial score (nSPS) is 15.3. The summed E-state index contributed by atoms with van der Waals surface area (Å²) in [5.41, 5.74) is 0. The van der Waals surface area contributed by atoms with E-state index in [2.05, 4.69) is 191 Å². The summed E-state index contributed by atoms with van der Waals surface area (Å²) < 4.78 is 60.8. The molecule has 0 heterocycles. The molecule has 5 atom stereocenters. The van der Waals surface area contributed by atoms with Crippen molar-refractivity contribution in [3.63, 3.8) is 0 Å². The Morgan fingerprint density at radius 2 is 0.548 bits per heavy atom. The largest absolute Gasteiger partial charge is 0.472 e. The summed E-state index contributed by atoms with van der Waals surface area (Å²) >= 11 is 0.